The van der Waals surface area contributed by atoms with Crippen LogP contribution in [0.5, 0.6) is 5.75 Å². The third-order valence-corrected chi connectivity index (χ3v) is 4.52. The Balaban J connectivity index is 1.67. The number of benzene rings is 1. The normalized spacial score (nSPS) is 11.8. The van der Waals surface area contributed by atoms with Crippen molar-refractivity contribution in [1.82, 2.24) is 15.4 Å². The summed E-state index contributed by atoms with van der Waals surface area (Å²) in [6.45, 7) is 1.81. The lowest BCUT2D eigenvalue weighted by Crippen LogP contribution is -2.37. The molecule has 0 saturated heterocycles. The highest BCUT2D eigenvalue weighted by Gasteiger charge is 2.18. The fourth-order valence-electron chi connectivity index (χ4n) is 2.20. The van der Waals surface area contributed by atoms with Crippen molar-refractivity contribution in [3.8, 4) is 5.75 Å². The van der Waals surface area contributed by atoms with E-state index in [1.807, 2.05) is 0 Å². The second-order valence-corrected chi connectivity index (χ2v) is 6.98. The molecule has 2 aromatic rings. The highest BCUT2D eigenvalue weighted by molar-refractivity contribution is 6.42. The molecular formula is C18H21Cl2N3O5. The van der Waals surface area contributed by atoms with E-state index >= 15 is 0 Å². The number of amides is 2. The molecular weight excluding hydrogens is 409 g/mol. The van der Waals surface area contributed by atoms with Gasteiger partial charge >= 0.3 is 0 Å². The quantitative estimate of drug-likeness (QED) is 0.633. The van der Waals surface area contributed by atoms with Gasteiger partial charge in [-0.15, -0.1) is 0 Å². The Morgan fingerprint density at radius 1 is 1.32 bits per heavy atom. The number of hydrogen-bond acceptors (Lipinski definition) is 6. The number of aliphatic hydroxyl groups excluding tert-OH is 1. The molecule has 28 heavy (non-hydrogen) atoms. The first-order valence-corrected chi connectivity index (χ1v) is 9.23. The van der Waals surface area contributed by atoms with Crippen LogP contribution in [0, 0.1) is 6.92 Å². The van der Waals surface area contributed by atoms with Gasteiger partial charge in [0.1, 0.15) is 5.75 Å². The van der Waals surface area contributed by atoms with E-state index in [0.29, 0.717) is 21.5 Å². The molecule has 1 atom stereocenters. The van der Waals surface area contributed by atoms with Gasteiger partial charge in [-0.1, -0.05) is 28.4 Å². The minimum atomic E-state index is -0.819. The Labute approximate surface area is 172 Å². The van der Waals surface area contributed by atoms with Crippen molar-refractivity contribution in [2.24, 2.45) is 0 Å². The number of carbonyl (C=O) groups excluding carboxylic acids is 2. The summed E-state index contributed by atoms with van der Waals surface area (Å²) in [6.07, 6.45) is -0.538. The number of aryl methyl sites for hydroxylation is 1. The fourth-order valence-corrected chi connectivity index (χ4v) is 2.49. The number of carbonyl (C=O) groups is 2. The molecule has 2 amide bonds. The zero-order valence-corrected chi connectivity index (χ0v) is 17.0. The van der Waals surface area contributed by atoms with Crippen molar-refractivity contribution in [2.75, 3.05) is 26.7 Å². The van der Waals surface area contributed by atoms with Crippen LogP contribution in [0.1, 0.15) is 22.7 Å². The van der Waals surface area contributed by atoms with Gasteiger partial charge in [0.2, 0.25) is 5.76 Å². The molecule has 1 heterocycles. The van der Waals surface area contributed by atoms with Gasteiger partial charge in [0.15, 0.2) is 6.61 Å². The predicted octanol–water partition coefficient (Wildman–Crippen LogP) is 2.31. The van der Waals surface area contributed by atoms with Crippen LogP contribution < -0.4 is 10.1 Å². The highest BCUT2D eigenvalue weighted by Crippen LogP contribution is 2.26. The number of nitrogens with one attached hydrogen (secondary N) is 1. The predicted molar refractivity (Wildman–Crippen MR) is 104 cm³/mol. The van der Waals surface area contributed by atoms with Gasteiger partial charge in [-0.2, -0.15) is 0 Å². The Morgan fingerprint density at radius 3 is 2.71 bits per heavy atom. The number of nitrogens with zero attached hydrogens (tertiary/aromatic N) is 2. The minimum Gasteiger partial charge on any atom is -0.484 e. The fraction of sp³-hybridized carbons (Fsp3) is 0.389. The van der Waals surface area contributed by atoms with E-state index < -0.39 is 12.0 Å². The molecule has 2 rings (SSSR count). The Morgan fingerprint density at radius 2 is 2.07 bits per heavy atom. The Bertz CT molecular complexity index is 827. The van der Waals surface area contributed by atoms with Gasteiger partial charge < -0.3 is 24.6 Å². The summed E-state index contributed by atoms with van der Waals surface area (Å²) < 4.78 is 10.2. The minimum absolute atomic E-state index is 0.0347. The number of ether oxygens (including phenoxy) is 1. The number of rotatable bonds is 9. The van der Waals surface area contributed by atoms with Gasteiger partial charge in [-0.05, 0) is 25.5 Å². The monoisotopic (exact) mass is 429 g/mol. The van der Waals surface area contributed by atoms with E-state index in [0.717, 1.165) is 0 Å². The second kappa shape index (κ2) is 10.3. The smallest absolute Gasteiger partial charge is 0.292 e. The van der Waals surface area contributed by atoms with Crippen LogP contribution in [0.4, 0.5) is 0 Å². The largest absolute Gasteiger partial charge is 0.484 e. The molecule has 0 aliphatic carbocycles. The van der Waals surface area contributed by atoms with Crippen LogP contribution in [0.25, 0.3) is 0 Å². The first-order chi connectivity index (χ1) is 13.3. The Hall–Kier alpha value is -2.29. The average Bonchev–Trinajstić information content (AvgIpc) is 3.11. The molecule has 0 aliphatic rings. The van der Waals surface area contributed by atoms with Crippen LogP contribution in [0.3, 0.4) is 0 Å². The molecule has 10 heteroatoms. The lowest BCUT2D eigenvalue weighted by molar-refractivity contribution is -0.123. The van der Waals surface area contributed by atoms with E-state index in [4.69, 9.17) is 32.5 Å². The van der Waals surface area contributed by atoms with E-state index in [1.54, 1.807) is 32.2 Å². The maximum Gasteiger partial charge on any atom is 0.292 e. The average molecular weight is 430 g/mol. The molecule has 0 fully saturated rings. The van der Waals surface area contributed by atoms with Gasteiger partial charge in [-0.3, -0.25) is 9.59 Å². The molecule has 152 valence electrons. The van der Waals surface area contributed by atoms with Gasteiger partial charge in [-0.25, -0.2) is 0 Å². The van der Waals surface area contributed by atoms with E-state index in [2.05, 4.69) is 10.5 Å². The zero-order valence-electron chi connectivity index (χ0n) is 15.4. The summed E-state index contributed by atoms with van der Waals surface area (Å²) in [6, 6.07) is 6.22. The molecule has 0 saturated carbocycles. The molecule has 1 aromatic heterocycles. The highest BCUT2D eigenvalue weighted by atomic mass is 35.5. The molecule has 0 radical (unpaired) electrons. The zero-order chi connectivity index (χ0) is 20.7. The number of hydrogen-bond donors (Lipinski definition) is 2. The summed E-state index contributed by atoms with van der Waals surface area (Å²) in [5.74, 6) is -0.173. The summed E-state index contributed by atoms with van der Waals surface area (Å²) in [7, 11) is 1.59. The van der Waals surface area contributed by atoms with Crippen molar-refractivity contribution >= 4 is 35.0 Å². The summed E-state index contributed by atoms with van der Waals surface area (Å²) in [5.41, 5.74) is 0.614. The van der Waals surface area contributed by atoms with Crippen molar-refractivity contribution in [3.05, 3.63) is 45.8 Å². The van der Waals surface area contributed by atoms with Crippen molar-refractivity contribution < 1.29 is 24.0 Å². The maximum atomic E-state index is 12.1. The van der Waals surface area contributed by atoms with Gasteiger partial charge in [0, 0.05) is 32.3 Å². The number of aromatic nitrogens is 1. The lowest BCUT2D eigenvalue weighted by Gasteiger charge is -2.18. The van der Waals surface area contributed by atoms with Crippen molar-refractivity contribution in [2.45, 2.75) is 19.4 Å². The molecule has 2 N–H and O–H groups in total. The maximum absolute atomic E-state index is 12.1. The van der Waals surface area contributed by atoms with Crippen molar-refractivity contribution in [1.29, 1.82) is 0 Å². The molecule has 0 unspecified atom stereocenters. The van der Waals surface area contributed by atoms with Gasteiger partial charge in [0.05, 0.1) is 21.8 Å². The molecule has 0 bridgehead atoms. The third-order valence-electron chi connectivity index (χ3n) is 3.78. The molecule has 0 aliphatic heterocycles. The van der Waals surface area contributed by atoms with E-state index in [-0.39, 0.29) is 37.8 Å². The third kappa shape index (κ3) is 6.70. The topological polar surface area (TPSA) is 105 Å². The standard InChI is InChI=1S/C18H21Cl2N3O5/c1-11-7-16(28-22-11)18(26)23(2)6-5-12(24)9-21-17(25)10-27-13-3-4-14(19)15(20)8-13/h3-4,7-8,12,24H,5-6,9-10H2,1-2H3,(H,21,25)/t12-/m0/s1. The van der Waals surface area contributed by atoms with Crippen LogP contribution in [0.2, 0.25) is 10.0 Å². The SMILES string of the molecule is Cc1cc(C(=O)N(C)CC[C@H](O)CNC(=O)COc2ccc(Cl)c(Cl)c2)on1. The Kier molecular flexibility index (Phi) is 8.10. The number of halogens is 2. The van der Waals surface area contributed by atoms with Crippen LogP contribution in [0.15, 0.2) is 28.8 Å². The molecule has 0 spiro atoms. The van der Waals surface area contributed by atoms with Crippen LogP contribution >= 0.6 is 23.2 Å². The summed E-state index contributed by atoms with van der Waals surface area (Å²) in [4.78, 5) is 25.3. The van der Waals surface area contributed by atoms with E-state index in [9.17, 15) is 14.7 Å². The van der Waals surface area contributed by atoms with E-state index in [1.165, 1.54) is 11.0 Å². The van der Waals surface area contributed by atoms with Crippen LogP contribution in [-0.4, -0.2) is 59.8 Å². The summed E-state index contributed by atoms with van der Waals surface area (Å²) in [5, 5.41) is 16.9. The molecule has 8 nitrogen and oxygen atoms in total. The van der Waals surface area contributed by atoms with Crippen LogP contribution in [-0.2, 0) is 4.79 Å². The first-order valence-electron chi connectivity index (χ1n) is 8.47. The second-order valence-electron chi connectivity index (χ2n) is 6.17. The number of aliphatic hydroxyl groups is 1. The summed E-state index contributed by atoms with van der Waals surface area (Å²) >= 11 is 11.7. The van der Waals surface area contributed by atoms with Crippen molar-refractivity contribution in [3.63, 3.8) is 0 Å². The lowest BCUT2D eigenvalue weighted by atomic mass is 10.2. The molecule has 1 aromatic carbocycles. The van der Waals surface area contributed by atoms with Gasteiger partial charge in [0.25, 0.3) is 11.8 Å². The first kappa shape index (κ1) is 22.0.